The van der Waals surface area contributed by atoms with Crippen LogP contribution in [0.1, 0.15) is 31.9 Å². The maximum absolute atomic E-state index is 5.91. The summed E-state index contributed by atoms with van der Waals surface area (Å²) in [4.78, 5) is 0. The zero-order chi connectivity index (χ0) is 10.8. The lowest BCUT2D eigenvalue weighted by atomic mass is 9.86. The van der Waals surface area contributed by atoms with Crippen LogP contribution in [0.5, 0.6) is 0 Å². The van der Waals surface area contributed by atoms with Gasteiger partial charge in [-0.1, -0.05) is 44.2 Å². The van der Waals surface area contributed by atoms with E-state index in [1.54, 1.807) is 0 Å². The SMILES string of the molecule is CC(C)(C)Cc1c([Si])cccc1CCl. The molecule has 1 aromatic carbocycles. The summed E-state index contributed by atoms with van der Waals surface area (Å²) in [7, 11) is 3.63. The van der Waals surface area contributed by atoms with Crippen molar-refractivity contribution in [1.29, 1.82) is 0 Å². The van der Waals surface area contributed by atoms with Gasteiger partial charge in [0, 0.05) is 5.88 Å². The molecule has 0 saturated carbocycles. The number of hydrogen-bond acceptors (Lipinski definition) is 0. The summed E-state index contributed by atoms with van der Waals surface area (Å²) in [6.45, 7) is 6.72. The Bertz CT molecular complexity index is 313. The molecule has 1 aromatic rings. The molecule has 0 N–H and O–H groups in total. The Balaban J connectivity index is 3.05. The highest BCUT2D eigenvalue weighted by Gasteiger charge is 2.15. The lowest BCUT2D eigenvalue weighted by Crippen LogP contribution is -2.19. The van der Waals surface area contributed by atoms with Crippen LogP contribution in [0.25, 0.3) is 0 Å². The minimum absolute atomic E-state index is 0.295. The van der Waals surface area contributed by atoms with Crippen molar-refractivity contribution in [3.05, 3.63) is 29.3 Å². The van der Waals surface area contributed by atoms with Crippen molar-refractivity contribution in [2.75, 3.05) is 0 Å². The third-order valence-electron chi connectivity index (χ3n) is 2.12. The van der Waals surface area contributed by atoms with Crippen molar-refractivity contribution < 1.29 is 0 Å². The first-order valence-corrected chi connectivity index (χ1v) is 5.86. The first-order chi connectivity index (χ1) is 6.44. The van der Waals surface area contributed by atoms with Crippen molar-refractivity contribution in [3.8, 4) is 0 Å². The van der Waals surface area contributed by atoms with Crippen LogP contribution in [-0.2, 0) is 12.3 Å². The fourth-order valence-corrected chi connectivity index (χ4v) is 2.09. The fourth-order valence-electron chi connectivity index (χ4n) is 1.50. The summed E-state index contributed by atoms with van der Waals surface area (Å²) in [5.41, 5.74) is 2.87. The molecule has 0 aliphatic rings. The van der Waals surface area contributed by atoms with Crippen LogP contribution in [0.2, 0.25) is 0 Å². The number of halogens is 1. The highest BCUT2D eigenvalue weighted by Crippen LogP contribution is 2.22. The standard InChI is InChI=1S/C12H16ClSi/c1-12(2,3)7-10-9(8-13)5-4-6-11(10)14/h4-6H,7-8H2,1-3H3. The Morgan fingerprint density at radius 3 is 2.43 bits per heavy atom. The highest BCUT2D eigenvalue weighted by atomic mass is 35.5. The molecule has 0 bridgehead atoms. The van der Waals surface area contributed by atoms with E-state index in [-0.39, 0.29) is 0 Å². The van der Waals surface area contributed by atoms with Crippen LogP contribution >= 0.6 is 11.6 Å². The van der Waals surface area contributed by atoms with Gasteiger partial charge in [0.15, 0.2) is 0 Å². The van der Waals surface area contributed by atoms with Gasteiger partial charge in [-0.05, 0) is 23.0 Å². The van der Waals surface area contributed by atoms with Crippen molar-refractivity contribution in [2.45, 2.75) is 33.1 Å². The van der Waals surface area contributed by atoms with Crippen molar-refractivity contribution >= 4 is 27.0 Å². The minimum Gasteiger partial charge on any atom is -0.122 e. The molecule has 0 fully saturated rings. The fraction of sp³-hybridized carbons (Fsp3) is 0.500. The summed E-state index contributed by atoms with van der Waals surface area (Å²) in [6, 6.07) is 6.21. The predicted octanol–water partition coefficient (Wildman–Crippen LogP) is 2.81. The second-order valence-corrected chi connectivity index (χ2v) is 5.62. The summed E-state index contributed by atoms with van der Waals surface area (Å²) >= 11 is 5.91. The molecule has 2 heteroatoms. The third kappa shape index (κ3) is 3.14. The van der Waals surface area contributed by atoms with Crippen LogP contribution in [0.3, 0.4) is 0 Å². The molecular weight excluding hydrogens is 208 g/mol. The van der Waals surface area contributed by atoms with E-state index >= 15 is 0 Å². The molecule has 75 valence electrons. The molecule has 0 aromatic heterocycles. The van der Waals surface area contributed by atoms with E-state index in [0.29, 0.717) is 11.3 Å². The number of hydrogen-bond donors (Lipinski definition) is 0. The normalized spacial score (nSPS) is 11.8. The molecule has 0 heterocycles. The van der Waals surface area contributed by atoms with Gasteiger partial charge in [0.1, 0.15) is 0 Å². The summed E-state index contributed by atoms with van der Waals surface area (Å²) in [5.74, 6) is 0.587. The second kappa shape index (κ2) is 4.50. The van der Waals surface area contributed by atoms with E-state index in [4.69, 9.17) is 11.6 Å². The topological polar surface area (TPSA) is 0 Å². The molecule has 0 spiro atoms. The zero-order valence-corrected chi connectivity index (χ0v) is 10.8. The molecule has 3 radical (unpaired) electrons. The zero-order valence-electron chi connectivity index (χ0n) is 9.02. The molecule has 0 aliphatic heterocycles. The highest BCUT2D eigenvalue weighted by molar-refractivity contribution is 6.33. The average Bonchev–Trinajstić information content (AvgIpc) is 2.06. The van der Waals surface area contributed by atoms with Crippen LogP contribution < -0.4 is 5.19 Å². The van der Waals surface area contributed by atoms with Gasteiger partial charge in [-0.3, -0.25) is 0 Å². The number of rotatable bonds is 2. The molecule has 0 unspecified atom stereocenters. The second-order valence-electron chi connectivity index (χ2n) is 4.81. The van der Waals surface area contributed by atoms with Gasteiger partial charge in [0.05, 0.1) is 10.2 Å². The lowest BCUT2D eigenvalue weighted by molar-refractivity contribution is 0.411. The maximum Gasteiger partial charge on any atom is 0.0715 e. The molecule has 0 aliphatic carbocycles. The Kier molecular flexibility index (Phi) is 3.79. The smallest absolute Gasteiger partial charge is 0.0715 e. The Hall–Kier alpha value is -0.273. The predicted molar refractivity (Wildman–Crippen MR) is 64.5 cm³/mol. The van der Waals surface area contributed by atoms with Gasteiger partial charge in [0.25, 0.3) is 0 Å². The van der Waals surface area contributed by atoms with Crippen LogP contribution in [0.15, 0.2) is 18.2 Å². The molecule has 14 heavy (non-hydrogen) atoms. The largest absolute Gasteiger partial charge is 0.122 e. The molecule has 0 saturated heterocycles. The van der Waals surface area contributed by atoms with Crippen molar-refractivity contribution in [2.24, 2.45) is 5.41 Å². The van der Waals surface area contributed by atoms with Crippen LogP contribution in [0, 0.1) is 5.41 Å². The third-order valence-corrected chi connectivity index (χ3v) is 2.88. The monoisotopic (exact) mass is 223 g/mol. The van der Waals surface area contributed by atoms with Gasteiger partial charge in [-0.25, -0.2) is 0 Å². The van der Waals surface area contributed by atoms with Gasteiger partial charge in [-0.15, -0.1) is 11.6 Å². The number of alkyl halides is 1. The van der Waals surface area contributed by atoms with Gasteiger partial charge >= 0.3 is 0 Å². The van der Waals surface area contributed by atoms with Gasteiger partial charge < -0.3 is 0 Å². The van der Waals surface area contributed by atoms with E-state index in [1.807, 2.05) is 6.07 Å². The molecule has 0 atom stereocenters. The van der Waals surface area contributed by atoms with Crippen molar-refractivity contribution in [3.63, 3.8) is 0 Å². The van der Waals surface area contributed by atoms with E-state index in [9.17, 15) is 0 Å². The summed E-state index contributed by atoms with van der Waals surface area (Å²) in [5, 5.41) is 1.16. The lowest BCUT2D eigenvalue weighted by Gasteiger charge is -2.21. The van der Waals surface area contributed by atoms with E-state index < -0.39 is 0 Å². The van der Waals surface area contributed by atoms with E-state index in [2.05, 4.69) is 43.1 Å². The van der Waals surface area contributed by atoms with E-state index in [0.717, 1.165) is 11.6 Å². The summed E-state index contributed by atoms with van der Waals surface area (Å²) < 4.78 is 0. The molecule has 0 nitrogen and oxygen atoms in total. The van der Waals surface area contributed by atoms with Crippen molar-refractivity contribution in [1.82, 2.24) is 0 Å². The first kappa shape index (κ1) is 11.8. The van der Waals surface area contributed by atoms with Crippen LogP contribution in [0.4, 0.5) is 0 Å². The molecule has 1 rings (SSSR count). The molecular formula is C12H16ClSi. The Labute approximate surface area is 95.1 Å². The average molecular weight is 224 g/mol. The minimum atomic E-state index is 0.295. The van der Waals surface area contributed by atoms with Gasteiger partial charge in [-0.2, -0.15) is 0 Å². The Morgan fingerprint density at radius 1 is 1.29 bits per heavy atom. The quantitative estimate of drug-likeness (QED) is 0.535. The van der Waals surface area contributed by atoms with Gasteiger partial charge in [0.2, 0.25) is 0 Å². The maximum atomic E-state index is 5.91. The Morgan fingerprint density at radius 2 is 1.93 bits per heavy atom. The molecule has 0 amide bonds. The van der Waals surface area contributed by atoms with Crippen LogP contribution in [-0.4, -0.2) is 10.2 Å². The number of benzene rings is 1. The first-order valence-electron chi connectivity index (χ1n) is 4.82. The van der Waals surface area contributed by atoms with E-state index in [1.165, 1.54) is 11.1 Å². The summed E-state index contributed by atoms with van der Waals surface area (Å²) in [6.07, 6.45) is 1.05.